The summed E-state index contributed by atoms with van der Waals surface area (Å²) in [5.41, 5.74) is 8.33. The molecule has 1 heterocycles. The molecule has 0 spiro atoms. The highest BCUT2D eigenvalue weighted by molar-refractivity contribution is 5.93. The third kappa shape index (κ3) is 4.20. The van der Waals surface area contributed by atoms with Crippen LogP contribution in [0.3, 0.4) is 0 Å². The summed E-state index contributed by atoms with van der Waals surface area (Å²) in [6.07, 6.45) is 6.34. The lowest BCUT2D eigenvalue weighted by molar-refractivity contribution is 0.514. The Morgan fingerprint density at radius 3 is 2.61 bits per heavy atom. The molecular weight excluding hydrogens is 378 g/mol. The summed E-state index contributed by atoms with van der Waals surface area (Å²) in [7, 11) is 0. The van der Waals surface area contributed by atoms with Crippen LogP contribution in [-0.4, -0.2) is 11.3 Å². The fourth-order valence-corrected chi connectivity index (χ4v) is 4.62. The monoisotopic (exact) mass is 409 g/mol. The Balaban J connectivity index is 1.78. The van der Waals surface area contributed by atoms with E-state index in [9.17, 15) is 5.11 Å². The second-order valence-corrected chi connectivity index (χ2v) is 8.93. The smallest absolute Gasteiger partial charge is 0.116 e. The molecule has 4 rings (SSSR count). The first kappa shape index (κ1) is 21.1. The molecule has 2 heteroatoms. The van der Waals surface area contributed by atoms with Crippen LogP contribution in [0.5, 0.6) is 0 Å². The van der Waals surface area contributed by atoms with Gasteiger partial charge in [-0.1, -0.05) is 68.1 Å². The van der Waals surface area contributed by atoms with Crippen molar-refractivity contribution in [1.29, 1.82) is 0 Å². The van der Waals surface area contributed by atoms with Gasteiger partial charge in [0.1, 0.15) is 5.76 Å². The lowest BCUT2D eigenvalue weighted by atomic mass is 9.83. The number of aliphatic imine (C=N–C) groups is 1. The van der Waals surface area contributed by atoms with Crippen LogP contribution in [0.4, 0.5) is 0 Å². The largest absolute Gasteiger partial charge is 0.508 e. The first-order valence-corrected chi connectivity index (χ1v) is 11.1. The van der Waals surface area contributed by atoms with Crippen molar-refractivity contribution in [3.63, 3.8) is 0 Å². The van der Waals surface area contributed by atoms with E-state index in [0.717, 1.165) is 34.7 Å². The van der Waals surface area contributed by atoms with E-state index in [4.69, 9.17) is 4.99 Å². The summed E-state index contributed by atoms with van der Waals surface area (Å²) in [5.74, 6) is 0.843. The molecule has 2 atom stereocenters. The Morgan fingerprint density at radius 1 is 1.10 bits per heavy atom. The van der Waals surface area contributed by atoms with E-state index in [1.54, 1.807) is 0 Å². The summed E-state index contributed by atoms with van der Waals surface area (Å²) in [4.78, 5) is 4.86. The van der Waals surface area contributed by atoms with Crippen molar-refractivity contribution >= 4 is 22.7 Å². The van der Waals surface area contributed by atoms with Crippen LogP contribution in [0.25, 0.3) is 16.5 Å². The van der Waals surface area contributed by atoms with E-state index in [2.05, 4.69) is 88.2 Å². The standard InChI is InChI=1S/C29H31NO/c1-18-9-14-28(30-17-18)27(25-8-6-7-19(2)21(25)4)16-23-11-13-26-24(15-23)12-10-20(3)29(26)22(5)31/h6-8,10-15,17-18,27,31H,5,9,16H2,1-4H3. The van der Waals surface area contributed by atoms with Gasteiger partial charge in [0.05, 0.1) is 0 Å². The molecule has 0 fully saturated rings. The van der Waals surface area contributed by atoms with Crippen molar-refractivity contribution in [2.24, 2.45) is 10.9 Å². The third-order valence-corrected chi connectivity index (χ3v) is 6.58. The van der Waals surface area contributed by atoms with Crippen LogP contribution in [-0.2, 0) is 6.42 Å². The molecule has 0 aliphatic carbocycles. The Kier molecular flexibility index (Phi) is 5.82. The molecule has 1 aliphatic rings. The Hall–Kier alpha value is -3.13. The van der Waals surface area contributed by atoms with Gasteiger partial charge in [0.25, 0.3) is 0 Å². The van der Waals surface area contributed by atoms with Crippen molar-refractivity contribution in [3.05, 3.63) is 100 Å². The van der Waals surface area contributed by atoms with E-state index >= 15 is 0 Å². The maximum absolute atomic E-state index is 10.1. The number of hydrogen-bond acceptors (Lipinski definition) is 2. The fourth-order valence-electron chi connectivity index (χ4n) is 4.62. The van der Waals surface area contributed by atoms with Crippen LogP contribution in [0.2, 0.25) is 0 Å². The van der Waals surface area contributed by atoms with Crippen molar-refractivity contribution in [3.8, 4) is 0 Å². The molecule has 158 valence electrons. The minimum atomic E-state index is 0.125. The molecule has 1 N–H and O–H groups in total. The normalized spacial score (nSPS) is 16.9. The zero-order chi connectivity index (χ0) is 22.1. The number of hydrogen-bond donors (Lipinski definition) is 1. The second-order valence-electron chi connectivity index (χ2n) is 8.93. The quantitative estimate of drug-likeness (QED) is 0.432. The molecule has 31 heavy (non-hydrogen) atoms. The predicted octanol–water partition coefficient (Wildman–Crippen LogP) is 7.61. The number of aliphatic hydroxyl groups is 1. The van der Waals surface area contributed by atoms with Gasteiger partial charge < -0.3 is 5.11 Å². The lowest BCUT2D eigenvalue weighted by Gasteiger charge is -2.24. The first-order valence-electron chi connectivity index (χ1n) is 11.1. The topological polar surface area (TPSA) is 32.6 Å². The highest BCUT2D eigenvalue weighted by Gasteiger charge is 2.22. The molecule has 0 amide bonds. The number of allylic oxidation sites excluding steroid dienone is 2. The number of aliphatic hydroxyl groups excluding tert-OH is 1. The predicted molar refractivity (Wildman–Crippen MR) is 133 cm³/mol. The van der Waals surface area contributed by atoms with Crippen LogP contribution >= 0.6 is 0 Å². The van der Waals surface area contributed by atoms with Crippen molar-refractivity contribution in [2.45, 2.75) is 46.5 Å². The van der Waals surface area contributed by atoms with Gasteiger partial charge in [-0.25, -0.2) is 0 Å². The molecule has 2 unspecified atom stereocenters. The van der Waals surface area contributed by atoms with Crippen molar-refractivity contribution in [1.82, 2.24) is 0 Å². The number of fused-ring (bicyclic) bond motifs is 1. The average molecular weight is 410 g/mol. The minimum Gasteiger partial charge on any atom is -0.508 e. The van der Waals surface area contributed by atoms with Crippen LogP contribution in [0, 0.1) is 26.7 Å². The van der Waals surface area contributed by atoms with Gasteiger partial charge in [-0.05, 0) is 78.1 Å². The highest BCUT2D eigenvalue weighted by Crippen LogP contribution is 2.36. The highest BCUT2D eigenvalue weighted by atomic mass is 16.3. The van der Waals surface area contributed by atoms with Gasteiger partial charge in [-0.2, -0.15) is 0 Å². The van der Waals surface area contributed by atoms with Crippen LogP contribution < -0.4 is 0 Å². The summed E-state index contributed by atoms with van der Waals surface area (Å²) in [5, 5.41) is 12.3. The molecule has 0 radical (unpaired) electrons. The summed E-state index contributed by atoms with van der Waals surface area (Å²) in [6, 6.07) is 17.3. The second kappa shape index (κ2) is 8.55. The molecule has 0 bridgehead atoms. The van der Waals surface area contributed by atoms with E-state index in [1.165, 1.54) is 28.0 Å². The minimum absolute atomic E-state index is 0.125. The van der Waals surface area contributed by atoms with Crippen molar-refractivity contribution in [2.75, 3.05) is 0 Å². The fraction of sp³-hybridized carbons (Fsp3) is 0.276. The third-order valence-electron chi connectivity index (χ3n) is 6.58. The Bertz CT molecular complexity index is 1210. The van der Waals surface area contributed by atoms with Gasteiger partial charge >= 0.3 is 0 Å². The lowest BCUT2D eigenvalue weighted by Crippen LogP contribution is -2.12. The SMILES string of the molecule is C=C(O)c1c(C)ccc2cc(CC(C3=CCC(C)C=N3)c3cccc(C)c3C)ccc12. The van der Waals surface area contributed by atoms with Gasteiger partial charge in [-0.15, -0.1) is 0 Å². The van der Waals surface area contributed by atoms with E-state index in [-0.39, 0.29) is 11.7 Å². The number of aryl methyl sites for hydroxylation is 2. The molecule has 3 aromatic carbocycles. The molecule has 1 aliphatic heterocycles. The molecule has 2 nitrogen and oxygen atoms in total. The zero-order valence-corrected chi connectivity index (χ0v) is 18.9. The van der Waals surface area contributed by atoms with Gasteiger partial charge in [-0.3, -0.25) is 4.99 Å². The number of nitrogens with zero attached hydrogens (tertiary/aromatic N) is 1. The van der Waals surface area contributed by atoms with Gasteiger partial charge in [0.2, 0.25) is 0 Å². The molecule has 0 aromatic heterocycles. The molecular formula is C29H31NO. The van der Waals surface area contributed by atoms with E-state index < -0.39 is 0 Å². The Labute approximate surface area is 185 Å². The summed E-state index contributed by atoms with van der Waals surface area (Å²) >= 11 is 0. The number of rotatable bonds is 5. The maximum atomic E-state index is 10.1. The number of benzene rings is 3. The van der Waals surface area contributed by atoms with Gasteiger partial charge in [0, 0.05) is 23.4 Å². The Morgan fingerprint density at radius 2 is 1.90 bits per heavy atom. The first-order chi connectivity index (χ1) is 14.8. The van der Waals surface area contributed by atoms with Crippen molar-refractivity contribution < 1.29 is 5.11 Å². The average Bonchev–Trinajstić information content (AvgIpc) is 2.74. The molecule has 3 aromatic rings. The molecule has 0 saturated heterocycles. The van der Waals surface area contributed by atoms with Gasteiger partial charge in [0.15, 0.2) is 0 Å². The summed E-state index contributed by atoms with van der Waals surface area (Å²) < 4.78 is 0. The van der Waals surface area contributed by atoms with E-state index in [1.807, 2.05) is 6.92 Å². The van der Waals surface area contributed by atoms with Crippen LogP contribution in [0.15, 0.2) is 71.9 Å². The zero-order valence-electron chi connectivity index (χ0n) is 18.9. The summed E-state index contributed by atoms with van der Waals surface area (Å²) in [6.45, 7) is 12.4. The van der Waals surface area contributed by atoms with E-state index in [0.29, 0.717) is 5.92 Å². The van der Waals surface area contributed by atoms with Crippen LogP contribution in [0.1, 0.15) is 52.6 Å². The molecule has 0 saturated carbocycles. The maximum Gasteiger partial charge on any atom is 0.116 e.